The molecule has 0 bridgehead atoms. The molecule has 0 saturated carbocycles. The normalized spacial score (nSPS) is 11.2. The molecule has 0 aliphatic carbocycles. The summed E-state index contributed by atoms with van der Waals surface area (Å²) < 4.78 is 5.56. The highest BCUT2D eigenvalue weighted by Crippen LogP contribution is 2.20. The van der Waals surface area contributed by atoms with E-state index in [2.05, 4.69) is 5.32 Å². The molecule has 0 atom stereocenters. The summed E-state index contributed by atoms with van der Waals surface area (Å²) >= 11 is 0. The molecule has 0 spiro atoms. The van der Waals surface area contributed by atoms with Crippen molar-refractivity contribution < 1.29 is 9.21 Å². The first-order valence-electron chi connectivity index (χ1n) is 6.65. The molecule has 20 heavy (non-hydrogen) atoms. The predicted molar refractivity (Wildman–Crippen MR) is 83.3 cm³/mol. The molecule has 0 aliphatic heterocycles. The van der Waals surface area contributed by atoms with Crippen LogP contribution >= 0.6 is 12.4 Å². The minimum Gasteiger partial charge on any atom is -0.451 e. The third-order valence-electron chi connectivity index (χ3n) is 3.77. The van der Waals surface area contributed by atoms with Crippen molar-refractivity contribution in [3.63, 3.8) is 0 Å². The zero-order valence-corrected chi connectivity index (χ0v) is 12.6. The van der Waals surface area contributed by atoms with E-state index in [4.69, 9.17) is 10.2 Å². The molecule has 3 N–H and O–H groups in total. The fourth-order valence-corrected chi connectivity index (χ4v) is 2.16. The number of nitrogens with two attached hydrogens (primary N) is 1. The molecule has 2 rings (SSSR count). The molecule has 2 aromatic rings. The van der Waals surface area contributed by atoms with Gasteiger partial charge in [0.25, 0.3) is 5.91 Å². The molecule has 0 saturated heterocycles. The number of furan rings is 1. The SMILES string of the molecule is CCC(CC)(CN)NC(=O)c1cc2ccccc2o1.Cl. The molecule has 0 aliphatic rings. The highest BCUT2D eigenvalue weighted by atomic mass is 35.5. The maximum absolute atomic E-state index is 12.2. The second-order valence-electron chi connectivity index (χ2n) is 4.79. The van der Waals surface area contributed by atoms with Gasteiger partial charge in [-0.1, -0.05) is 32.0 Å². The van der Waals surface area contributed by atoms with Crippen LogP contribution in [-0.2, 0) is 0 Å². The summed E-state index contributed by atoms with van der Waals surface area (Å²) in [6.45, 7) is 4.47. The van der Waals surface area contributed by atoms with Crippen molar-refractivity contribution in [1.29, 1.82) is 0 Å². The number of para-hydroxylation sites is 1. The lowest BCUT2D eigenvalue weighted by atomic mass is 9.93. The molecule has 1 aromatic heterocycles. The Labute approximate surface area is 125 Å². The Morgan fingerprint density at radius 1 is 1.30 bits per heavy atom. The van der Waals surface area contributed by atoms with Crippen LogP contribution in [0.15, 0.2) is 34.7 Å². The molecule has 1 amide bonds. The lowest BCUT2D eigenvalue weighted by Gasteiger charge is -2.30. The van der Waals surface area contributed by atoms with Crippen LogP contribution in [0.25, 0.3) is 11.0 Å². The van der Waals surface area contributed by atoms with Crippen molar-refractivity contribution in [3.8, 4) is 0 Å². The lowest BCUT2D eigenvalue weighted by molar-refractivity contribution is 0.0869. The van der Waals surface area contributed by atoms with Crippen molar-refractivity contribution in [2.24, 2.45) is 5.73 Å². The van der Waals surface area contributed by atoms with Crippen molar-refractivity contribution in [1.82, 2.24) is 5.32 Å². The van der Waals surface area contributed by atoms with Crippen molar-refractivity contribution in [3.05, 3.63) is 36.1 Å². The van der Waals surface area contributed by atoms with Crippen LogP contribution in [0, 0.1) is 0 Å². The highest BCUT2D eigenvalue weighted by molar-refractivity contribution is 5.96. The van der Waals surface area contributed by atoms with E-state index in [9.17, 15) is 4.79 Å². The molecule has 5 heteroatoms. The Hall–Kier alpha value is -1.52. The van der Waals surface area contributed by atoms with Crippen LogP contribution in [0.2, 0.25) is 0 Å². The van der Waals surface area contributed by atoms with Crippen LogP contribution in [0.4, 0.5) is 0 Å². The summed E-state index contributed by atoms with van der Waals surface area (Å²) in [4.78, 5) is 12.2. The number of carbonyl (C=O) groups is 1. The molecule has 0 fully saturated rings. The van der Waals surface area contributed by atoms with Gasteiger partial charge in [0.15, 0.2) is 5.76 Å². The molecule has 1 aromatic carbocycles. The fraction of sp³-hybridized carbons (Fsp3) is 0.400. The maximum atomic E-state index is 12.2. The van der Waals surface area contributed by atoms with Crippen LogP contribution in [-0.4, -0.2) is 18.0 Å². The van der Waals surface area contributed by atoms with Crippen molar-refractivity contribution in [2.45, 2.75) is 32.2 Å². The molecular weight excluding hydrogens is 276 g/mol. The highest BCUT2D eigenvalue weighted by Gasteiger charge is 2.28. The molecule has 0 radical (unpaired) electrons. The standard InChI is InChI=1S/C15H20N2O2.ClH/c1-3-15(4-2,10-16)17-14(18)13-9-11-7-5-6-8-12(11)19-13;/h5-9H,3-4,10,16H2,1-2H3,(H,17,18);1H. The van der Waals surface area contributed by atoms with E-state index in [1.54, 1.807) is 6.07 Å². The first-order valence-corrected chi connectivity index (χ1v) is 6.65. The van der Waals surface area contributed by atoms with Crippen LogP contribution in [0.5, 0.6) is 0 Å². The maximum Gasteiger partial charge on any atom is 0.287 e. The smallest absolute Gasteiger partial charge is 0.287 e. The largest absolute Gasteiger partial charge is 0.451 e. The quantitative estimate of drug-likeness (QED) is 0.891. The van der Waals surface area contributed by atoms with E-state index in [0.29, 0.717) is 12.3 Å². The van der Waals surface area contributed by atoms with Gasteiger partial charge in [0.1, 0.15) is 5.58 Å². The van der Waals surface area contributed by atoms with E-state index >= 15 is 0 Å². The van der Waals surface area contributed by atoms with Gasteiger partial charge < -0.3 is 15.5 Å². The van der Waals surface area contributed by atoms with E-state index in [1.165, 1.54) is 0 Å². The average Bonchev–Trinajstić information content (AvgIpc) is 2.89. The summed E-state index contributed by atoms with van der Waals surface area (Å²) in [5, 5.41) is 3.93. The van der Waals surface area contributed by atoms with Gasteiger partial charge in [-0.05, 0) is 25.0 Å². The van der Waals surface area contributed by atoms with Gasteiger partial charge in [-0.25, -0.2) is 0 Å². The second kappa shape index (κ2) is 6.77. The van der Waals surface area contributed by atoms with Gasteiger partial charge in [-0.15, -0.1) is 12.4 Å². The van der Waals surface area contributed by atoms with E-state index < -0.39 is 0 Å². The fourth-order valence-electron chi connectivity index (χ4n) is 2.16. The molecular formula is C15H21ClN2O2. The summed E-state index contributed by atoms with van der Waals surface area (Å²) in [6.07, 6.45) is 1.60. The Morgan fingerprint density at radius 2 is 1.95 bits per heavy atom. The monoisotopic (exact) mass is 296 g/mol. The number of hydrogen-bond donors (Lipinski definition) is 2. The number of rotatable bonds is 5. The molecule has 0 unspecified atom stereocenters. The number of carbonyl (C=O) groups excluding carboxylic acids is 1. The first kappa shape index (κ1) is 16.5. The average molecular weight is 297 g/mol. The predicted octanol–water partition coefficient (Wildman–Crippen LogP) is 3.10. The van der Waals surface area contributed by atoms with E-state index in [1.807, 2.05) is 38.1 Å². The van der Waals surface area contributed by atoms with Crippen LogP contribution in [0.3, 0.4) is 0 Å². The number of amides is 1. The van der Waals surface area contributed by atoms with Gasteiger partial charge in [-0.2, -0.15) is 0 Å². The van der Waals surface area contributed by atoms with Gasteiger partial charge in [0, 0.05) is 11.9 Å². The summed E-state index contributed by atoms with van der Waals surface area (Å²) in [7, 11) is 0. The molecule has 1 heterocycles. The zero-order chi connectivity index (χ0) is 13.9. The summed E-state index contributed by atoms with van der Waals surface area (Å²) in [5.41, 5.74) is 6.16. The van der Waals surface area contributed by atoms with Crippen LogP contribution < -0.4 is 11.1 Å². The minimum absolute atomic E-state index is 0. The molecule has 110 valence electrons. The Morgan fingerprint density at radius 3 is 2.50 bits per heavy atom. The first-order chi connectivity index (χ1) is 9.14. The Balaban J connectivity index is 0.00000200. The van der Waals surface area contributed by atoms with Gasteiger partial charge >= 0.3 is 0 Å². The summed E-state index contributed by atoms with van der Waals surface area (Å²) in [6, 6.07) is 9.34. The van der Waals surface area contributed by atoms with E-state index in [0.717, 1.165) is 23.8 Å². The minimum atomic E-state index is -0.351. The Bertz CT molecular complexity index is 535. The van der Waals surface area contributed by atoms with Crippen molar-refractivity contribution >= 4 is 29.3 Å². The third kappa shape index (κ3) is 3.14. The topological polar surface area (TPSA) is 68.3 Å². The number of fused-ring (bicyclic) bond motifs is 1. The van der Waals surface area contributed by atoms with Gasteiger partial charge in [0.2, 0.25) is 0 Å². The van der Waals surface area contributed by atoms with Crippen molar-refractivity contribution in [2.75, 3.05) is 6.54 Å². The number of hydrogen-bond acceptors (Lipinski definition) is 3. The Kier molecular flexibility index (Phi) is 5.60. The lowest BCUT2D eigenvalue weighted by Crippen LogP contribution is -2.52. The van der Waals surface area contributed by atoms with Gasteiger partial charge in [0.05, 0.1) is 5.54 Å². The van der Waals surface area contributed by atoms with Crippen LogP contribution in [0.1, 0.15) is 37.2 Å². The third-order valence-corrected chi connectivity index (χ3v) is 3.77. The van der Waals surface area contributed by atoms with Gasteiger partial charge in [-0.3, -0.25) is 4.79 Å². The molecule has 4 nitrogen and oxygen atoms in total. The summed E-state index contributed by atoms with van der Waals surface area (Å²) in [5.74, 6) is 0.131. The second-order valence-corrected chi connectivity index (χ2v) is 4.79. The number of nitrogens with one attached hydrogen (secondary N) is 1. The number of halogens is 1. The van der Waals surface area contributed by atoms with E-state index in [-0.39, 0.29) is 23.9 Å². The number of benzene rings is 1. The zero-order valence-electron chi connectivity index (χ0n) is 11.8.